The van der Waals surface area contributed by atoms with Gasteiger partial charge in [-0.2, -0.15) is 0 Å². The zero-order valence-corrected chi connectivity index (χ0v) is 15.4. The van der Waals surface area contributed by atoms with Crippen molar-refractivity contribution in [3.8, 4) is 0 Å². The van der Waals surface area contributed by atoms with E-state index in [4.69, 9.17) is 0 Å². The Morgan fingerprint density at radius 1 is 0.667 bits per heavy atom. The summed E-state index contributed by atoms with van der Waals surface area (Å²) in [5.41, 5.74) is 4.54. The second-order valence-electron chi connectivity index (χ2n) is 7.47. The molecule has 3 aromatic carbocycles. The van der Waals surface area contributed by atoms with Crippen molar-refractivity contribution in [3.63, 3.8) is 0 Å². The van der Waals surface area contributed by atoms with Gasteiger partial charge in [-0.3, -0.25) is 0 Å². The van der Waals surface area contributed by atoms with Crippen LogP contribution < -0.4 is 0 Å². The third-order valence-electron chi connectivity index (χ3n) is 4.72. The summed E-state index contributed by atoms with van der Waals surface area (Å²) >= 11 is 0. The number of benzene rings is 3. The van der Waals surface area contributed by atoms with Crippen molar-refractivity contribution in [3.05, 3.63) is 89.5 Å². The second kappa shape index (κ2) is 5.82. The van der Waals surface area contributed by atoms with Crippen LogP contribution in [0.4, 0.5) is 0 Å². The number of hydrogen-bond acceptors (Lipinski definition) is 0. The van der Waals surface area contributed by atoms with E-state index >= 15 is 0 Å². The Hall–Kier alpha value is -1.99. The third-order valence-corrected chi connectivity index (χ3v) is 7.14. The Bertz CT molecular complexity index is 824. The van der Waals surface area contributed by atoms with Gasteiger partial charge in [0.1, 0.15) is 0 Å². The third kappa shape index (κ3) is 2.67. The van der Waals surface area contributed by atoms with Gasteiger partial charge in [0.05, 0.1) is 10.9 Å². The molecule has 0 amide bonds. The van der Waals surface area contributed by atoms with Gasteiger partial charge in [-0.25, -0.2) is 0 Å². The van der Waals surface area contributed by atoms with Crippen molar-refractivity contribution in [2.24, 2.45) is 0 Å². The maximum absolute atomic E-state index is 2.34. The van der Waals surface area contributed by atoms with Crippen LogP contribution in [0, 0.1) is 0 Å². The Balaban J connectivity index is 1.86. The largest absolute Gasteiger partial charge is 0.170 e. The van der Waals surface area contributed by atoms with E-state index in [1.165, 1.54) is 31.4 Å². The minimum atomic E-state index is 0.00703. The number of fused-ring (bicyclic) bond motifs is 2. The lowest BCUT2D eigenvalue weighted by Crippen LogP contribution is -2.16. The van der Waals surface area contributed by atoms with Gasteiger partial charge >= 0.3 is 0 Å². The molecular formula is C23H23S+. The topological polar surface area (TPSA) is 0 Å². The molecular weight excluding hydrogens is 308 g/mol. The van der Waals surface area contributed by atoms with Gasteiger partial charge in [0.15, 0.2) is 14.7 Å². The summed E-state index contributed by atoms with van der Waals surface area (Å²) in [5.74, 6) is 0. The maximum Gasteiger partial charge on any atom is 0.170 e. The van der Waals surface area contributed by atoms with Crippen LogP contribution in [0.25, 0.3) is 0 Å². The first kappa shape index (κ1) is 15.5. The molecule has 0 radical (unpaired) electrons. The highest BCUT2D eigenvalue weighted by Crippen LogP contribution is 2.40. The van der Waals surface area contributed by atoms with Crippen LogP contribution in [0.3, 0.4) is 0 Å². The molecule has 0 spiro atoms. The van der Waals surface area contributed by atoms with Gasteiger partial charge < -0.3 is 0 Å². The molecule has 1 aliphatic heterocycles. The van der Waals surface area contributed by atoms with Crippen LogP contribution in [0.5, 0.6) is 0 Å². The molecule has 0 saturated heterocycles. The zero-order chi connectivity index (χ0) is 16.7. The average molecular weight is 332 g/mol. The van der Waals surface area contributed by atoms with E-state index in [0.29, 0.717) is 0 Å². The molecule has 4 rings (SSSR count). The van der Waals surface area contributed by atoms with Crippen LogP contribution in [0.15, 0.2) is 87.5 Å². The fourth-order valence-corrected chi connectivity index (χ4v) is 5.75. The van der Waals surface area contributed by atoms with Crippen LogP contribution >= 0.6 is 0 Å². The first-order valence-electron chi connectivity index (χ1n) is 8.55. The average Bonchev–Trinajstić information content (AvgIpc) is 2.59. The van der Waals surface area contributed by atoms with Gasteiger partial charge in [-0.1, -0.05) is 69.3 Å². The van der Waals surface area contributed by atoms with Crippen LogP contribution in [-0.4, -0.2) is 0 Å². The molecule has 0 aliphatic carbocycles. The number of hydrogen-bond donors (Lipinski definition) is 0. The van der Waals surface area contributed by atoms with Crippen molar-refractivity contribution < 1.29 is 0 Å². The number of rotatable bonds is 1. The van der Waals surface area contributed by atoms with Gasteiger partial charge in [-0.05, 0) is 35.2 Å². The summed E-state index contributed by atoms with van der Waals surface area (Å²) in [6.45, 7) is 6.82. The normalized spacial score (nSPS) is 14.1. The van der Waals surface area contributed by atoms with Crippen molar-refractivity contribution in [1.82, 2.24) is 0 Å². The van der Waals surface area contributed by atoms with Crippen molar-refractivity contribution in [2.45, 2.75) is 47.3 Å². The smallest absolute Gasteiger partial charge is 0.0616 e. The summed E-state index contributed by atoms with van der Waals surface area (Å²) < 4.78 is 0. The Labute approximate surface area is 147 Å². The fourth-order valence-electron chi connectivity index (χ4n) is 3.37. The quantitative estimate of drug-likeness (QED) is 0.376. The molecule has 1 aliphatic rings. The van der Waals surface area contributed by atoms with E-state index in [1.54, 1.807) is 0 Å². The molecule has 1 heteroatoms. The summed E-state index contributed by atoms with van der Waals surface area (Å²) in [7, 11) is 0.00703. The fraction of sp³-hybridized carbons (Fsp3) is 0.217. The molecule has 0 aromatic heterocycles. The van der Waals surface area contributed by atoms with Gasteiger partial charge in [-0.15, -0.1) is 0 Å². The zero-order valence-electron chi connectivity index (χ0n) is 14.5. The standard InChI is InChI=1S/C23H23S/c1-23(2,3)19-12-14-20(15-13-19)24-21-10-6-4-8-17(21)16-18-9-5-7-11-22(18)24/h4-15H,16H2,1-3H3/q+1. The van der Waals surface area contributed by atoms with E-state index in [9.17, 15) is 0 Å². The molecule has 1 heterocycles. The SMILES string of the molecule is CC(C)(C)c1ccc([S+]2c3ccccc3Cc3ccccc32)cc1. The molecule has 0 saturated carbocycles. The molecule has 3 aromatic rings. The van der Waals surface area contributed by atoms with Gasteiger partial charge in [0, 0.05) is 17.5 Å². The molecule has 0 atom stereocenters. The van der Waals surface area contributed by atoms with Crippen molar-refractivity contribution in [2.75, 3.05) is 0 Å². The summed E-state index contributed by atoms with van der Waals surface area (Å²) in [6.07, 6.45) is 1.05. The molecule has 0 nitrogen and oxygen atoms in total. The van der Waals surface area contributed by atoms with E-state index in [-0.39, 0.29) is 16.3 Å². The molecule has 0 bridgehead atoms. The molecule has 24 heavy (non-hydrogen) atoms. The highest BCUT2D eigenvalue weighted by Gasteiger charge is 2.36. The van der Waals surface area contributed by atoms with Crippen LogP contribution in [0.2, 0.25) is 0 Å². The Morgan fingerprint density at radius 3 is 1.67 bits per heavy atom. The van der Waals surface area contributed by atoms with E-state index < -0.39 is 0 Å². The highest BCUT2D eigenvalue weighted by atomic mass is 32.2. The van der Waals surface area contributed by atoms with Crippen molar-refractivity contribution >= 4 is 10.9 Å². The minimum Gasteiger partial charge on any atom is -0.0616 e. The molecule has 120 valence electrons. The van der Waals surface area contributed by atoms with Crippen LogP contribution in [-0.2, 0) is 22.7 Å². The first-order chi connectivity index (χ1) is 11.5. The van der Waals surface area contributed by atoms with E-state index in [1.807, 2.05) is 0 Å². The van der Waals surface area contributed by atoms with E-state index in [2.05, 4.69) is 93.6 Å². The summed E-state index contributed by atoms with van der Waals surface area (Å²) in [4.78, 5) is 4.39. The molecule has 0 unspecified atom stereocenters. The lowest BCUT2D eigenvalue weighted by Gasteiger charge is -2.21. The Kier molecular flexibility index (Phi) is 3.77. The van der Waals surface area contributed by atoms with Crippen molar-refractivity contribution in [1.29, 1.82) is 0 Å². The monoisotopic (exact) mass is 331 g/mol. The lowest BCUT2D eigenvalue weighted by atomic mass is 9.87. The summed E-state index contributed by atoms with van der Waals surface area (Å²) in [6, 6.07) is 27.2. The summed E-state index contributed by atoms with van der Waals surface area (Å²) in [5, 5.41) is 0. The van der Waals surface area contributed by atoms with E-state index in [0.717, 1.165) is 6.42 Å². The minimum absolute atomic E-state index is 0.00703. The highest BCUT2D eigenvalue weighted by molar-refractivity contribution is 7.97. The van der Waals surface area contributed by atoms with Gasteiger partial charge in [0.2, 0.25) is 0 Å². The maximum atomic E-state index is 2.34. The predicted molar refractivity (Wildman–Crippen MR) is 103 cm³/mol. The second-order valence-corrected chi connectivity index (χ2v) is 9.44. The lowest BCUT2D eigenvalue weighted by molar-refractivity contribution is 0.589. The molecule has 0 fully saturated rings. The first-order valence-corrected chi connectivity index (χ1v) is 9.77. The van der Waals surface area contributed by atoms with Crippen LogP contribution in [0.1, 0.15) is 37.5 Å². The molecule has 0 N–H and O–H groups in total. The predicted octanol–water partition coefficient (Wildman–Crippen LogP) is 5.98. The Morgan fingerprint density at radius 2 is 1.17 bits per heavy atom. The van der Waals surface area contributed by atoms with Gasteiger partial charge in [0.25, 0.3) is 0 Å².